The highest BCUT2D eigenvalue weighted by Gasteiger charge is 2.22. The Morgan fingerprint density at radius 1 is 1.06 bits per heavy atom. The van der Waals surface area contributed by atoms with Crippen LogP contribution in [0.2, 0.25) is 0 Å². The molecule has 2 aromatic carbocycles. The molecule has 0 saturated carbocycles. The number of nitrogens with two attached hydrogens (primary N) is 3. The fourth-order valence-corrected chi connectivity index (χ4v) is 3.27. The van der Waals surface area contributed by atoms with Crippen LogP contribution < -0.4 is 26.7 Å². The van der Waals surface area contributed by atoms with E-state index in [1.54, 1.807) is 18.2 Å². The number of rotatable bonds is 5. The molecule has 164 valence electrons. The summed E-state index contributed by atoms with van der Waals surface area (Å²) in [4.78, 5) is 19.4. The fourth-order valence-electron chi connectivity index (χ4n) is 3.27. The number of primary amides is 1. The highest BCUT2D eigenvalue weighted by Crippen LogP contribution is 2.37. The number of carbonyl (C=O) groups excluding carboxylic acids is 1. The number of para-hydroxylation sites is 1. The van der Waals surface area contributed by atoms with E-state index in [1.807, 2.05) is 26.0 Å². The number of nitrogen functional groups attached to an aromatic ring is 2. The number of hydrogen-bond acceptors (Lipinski definition) is 8. The van der Waals surface area contributed by atoms with Gasteiger partial charge in [0.2, 0.25) is 11.6 Å². The molecule has 32 heavy (non-hydrogen) atoms. The monoisotopic (exact) mass is 437 g/mol. The Hall–Kier alpha value is -4.41. The lowest BCUT2D eigenvalue weighted by atomic mass is 9.99. The number of carbonyl (C=O) groups is 1. The van der Waals surface area contributed by atoms with Crippen molar-refractivity contribution in [3.63, 3.8) is 0 Å². The quantitative estimate of drug-likeness (QED) is 0.428. The van der Waals surface area contributed by atoms with Gasteiger partial charge < -0.3 is 26.7 Å². The molecular weight excluding hydrogens is 417 g/mol. The Kier molecular flexibility index (Phi) is 5.23. The third-order valence-electron chi connectivity index (χ3n) is 4.67. The maximum Gasteiger partial charge on any atom is 0.410 e. The summed E-state index contributed by atoms with van der Waals surface area (Å²) in [6.07, 6.45) is -1.11. The number of aromatic nitrogens is 4. The number of benzene rings is 2. The third-order valence-corrected chi connectivity index (χ3v) is 4.67. The van der Waals surface area contributed by atoms with Gasteiger partial charge in [-0.3, -0.25) is 0 Å². The summed E-state index contributed by atoms with van der Waals surface area (Å²) in [5, 5.41) is 5.13. The molecule has 2 aromatic heterocycles. The summed E-state index contributed by atoms with van der Waals surface area (Å²) in [5.41, 5.74) is 18.3. The number of anilines is 2. The van der Waals surface area contributed by atoms with Crippen molar-refractivity contribution in [3.05, 3.63) is 53.8 Å². The van der Waals surface area contributed by atoms with Crippen molar-refractivity contribution in [2.75, 3.05) is 11.5 Å². The minimum atomic E-state index is -1.11. The Morgan fingerprint density at radius 2 is 1.75 bits per heavy atom. The zero-order valence-corrected chi connectivity index (χ0v) is 17.2. The minimum absolute atomic E-state index is 0.00566. The van der Waals surface area contributed by atoms with E-state index in [9.17, 15) is 9.18 Å². The Bertz CT molecular complexity index is 1310. The highest BCUT2D eigenvalue weighted by atomic mass is 19.1. The molecule has 0 aliphatic carbocycles. The molecule has 1 amide bonds. The van der Waals surface area contributed by atoms with Gasteiger partial charge in [-0.1, -0.05) is 38.1 Å². The molecule has 0 aliphatic heterocycles. The first-order chi connectivity index (χ1) is 15.3. The van der Waals surface area contributed by atoms with Gasteiger partial charge in [-0.15, -0.1) is 5.10 Å². The number of nitrogens with zero attached hydrogens (tertiary/aromatic N) is 4. The van der Waals surface area contributed by atoms with Crippen LogP contribution in [0.4, 0.5) is 20.8 Å². The zero-order chi connectivity index (χ0) is 23.0. The van der Waals surface area contributed by atoms with Gasteiger partial charge in [0, 0.05) is 0 Å². The van der Waals surface area contributed by atoms with Gasteiger partial charge in [0.25, 0.3) is 5.95 Å². The molecule has 0 atom stereocenters. The van der Waals surface area contributed by atoms with Crippen LogP contribution in [0.1, 0.15) is 25.3 Å². The van der Waals surface area contributed by atoms with Crippen LogP contribution in [-0.4, -0.2) is 25.8 Å². The van der Waals surface area contributed by atoms with Crippen molar-refractivity contribution >= 4 is 28.6 Å². The fraction of sp³-hybridized carbons (Fsp3) is 0.143. The lowest BCUT2D eigenvalue weighted by Crippen LogP contribution is -2.19. The van der Waals surface area contributed by atoms with E-state index in [4.69, 9.17) is 26.7 Å². The first-order valence-electron chi connectivity index (χ1n) is 9.61. The molecule has 0 spiro atoms. The van der Waals surface area contributed by atoms with Gasteiger partial charge in [-0.25, -0.2) is 9.18 Å². The van der Waals surface area contributed by atoms with E-state index in [0.717, 1.165) is 5.56 Å². The summed E-state index contributed by atoms with van der Waals surface area (Å²) >= 11 is 0. The predicted molar refractivity (Wildman–Crippen MR) is 116 cm³/mol. The number of fused-ring (bicyclic) bond motifs is 1. The van der Waals surface area contributed by atoms with Crippen molar-refractivity contribution in [2.24, 2.45) is 5.73 Å². The molecule has 4 aromatic rings. The molecule has 0 fully saturated rings. The smallest absolute Gasteiger partial charge is 0.410 e. The summed E-state index contributed by atoms with van der Waals surface area (Å²) in [6.45, 7) is 4.03. The maximum atomic E-state index is 14.2. The van der Waals surface area contributed by atoms with Gasteiger partial charge in [0.1, 0.15) is 0 Å². The van der Waals surface area contributed by atoms with Crippen LogP contribution in [0.15, 0.2) is 42.5 Å². The van der Waals surface area contributed by atoms with Crippen molar-refractivity contribution < 1.29 is 18.7 Å². The first-order valence-corrected chi connectivity index (χ1v) is 9.61. The molecule has 0 aliphatic rings. The molecular formula is C21H20FN7O3. The lowest BCUT2D eigenvalue weighted by Gasteiger charge is -2.10. The Balaban J connectivity index is 1.92. The van der Waals surface area contributed by atoms with Crippen LogP contribution in [-0.2, 0) is 0 Å². The molecule has 0 unspecified atom stereocenters. The van der Waals surface area contributed by atoms with E-state index in [0.29, 0.717) is 10.9 Å². The second kappa shape index (κ2) is 8.02. The van der Waals surface area contributed by atoms with E-state index in [2.05, 4.69) is 15.1 Å². The standard InChI is InChI=1S/C21H20FN7O3/c1-10(2)11-6-5-8-13-15(11)19(31-14-9-4-3-7-12(14)22)28-29(13)21-26-17(23)16(18(24)27-21)32-20(25)30/h3-10H,1-2H3,(H2,25,30)(H4,23,24,26,27). The van der Waals surface area contributed by atoms with Crippen LogP contribution >= 0.6 is 0 Å². The van der Waals surface area contributed by atoms with Gasteiger partial charge in [-0.05, 0) is 29.7 Å². The molecule has 0 radical (unpaired) electrons. The molecule has 11 heteroatoms. The van der Waals surface area contributed by atoms with E-state index in [1.165, 1.54) is 16.8 Å². The third kappa shape index (κ3) is 3.71. The Morgan fingerprint density at radius 3 is 2.38 bits per heavy atom. The number of amides is 1. The zero-order valence-electron chi connectivity index (χ0n) is 17.2. The average Bonchev–Trinajstić information content (AvgIpc) is 3.10. The van der Waals surface area contributed by atoms with Crippen molar-refractivity contribution in [1.29, 1.82) is 0 Å². The van der Waals surface area contributed by atoms with Crippen LogP contribution in [0.5, 0.6) is 17.4 Å². The van der Waals surface area contributed by atoms with Crippen molar-refractivity contribution in [3.8, 4) is 23.3 Å². The van der Waals surface area contributed by atoms with E-state index >= 15 is 0 Å². The molecule has 2 heterocycles. The van der Waals surface area contributed by atoms with E-state index < -0.39 is 11.9 Å². The second-order valence-corrected chi connectivity index (χ2v) is 7.19. The summed E-state index contributed by atoms with van der Waals surface area (Å²) in [5.74, 6) is -0.889. The number of halogens is 1. The average molecular weight is 437 g/mol. The van der Waals surface area contributed by atoms with E-state index in [-0.39, 0.29) is 40.9 Å². The minimum Gasteiger partial charge on any atom is -0.434 e. The highest BCUT2D eigenvalue weighted by molar-refractivity contribution is 5.90. The normalized spacial score (nSPS) is 11.1. The molecule has 0 bridgehead atoms. The van der Waals surface area contributed by atoms with Crippen molar-refractivity contribution in [1.82, 2.24) is 19.7 Å². The van der Waals surface area contributed by atoms with Gasteiger partial charge in [0.05, 0.1) is 10.9 Å². The van der Waals surface area contributed by atoms with Gasteiger partial charge in [0.15, 0.2) is 23.2 Å². The molecule has 4 rings (SSSR count). The van der Waals surface area contributed by atoms with Crippen LogP contribution in [0.3, 0.4) is 0 Å². The maximum absolute atomic E-state index is 14.2. The van der Waals surface area contributed by atoms with Gasteiger partial charge in [-0.2, -0.15) is 14.6 Å². The summed E-state index contributed by atoms with van der Waals surface area (Å²) < 4.78 is 26.2. The van der Waals surface area contributed by atoms with Gasteiger partial charge >= 0.3 is 6.09 Å². The predicted octanol–water partition coefficient (Wildman–Crippen LogP) is 3.49. The van der Waals surface area contributed by atoms with Crippen molar-refractivity contribution in [2.45, 2.75) is 19.8 Å². The summed E-state index contributed by atoms with van der Waals surface area (Å²) in [6, 6.07) is 11.6. The summed E-state index contributed by atoms with van der Waals surface area (Å²) in [7, 11) is 0. The first kappa shape index (κ1) is 20.8. The Labute approximate surface area is 181 Å². The number of ether oxygens (including phenoxy) is 2. The van der Waals surface area contributed by atoms with Crippen LogP contribution in [0, 0.1) is 5.82 Å². The topological polar surface area (TPSA) is 157 Å². The lowest BCUT2D eigenvalue weighted by molar-refractivity contribution is 0.211. The second-order valence-electron chi connectivity index (χ2n) is 7.19. The molecule has 10 nitrogen and oxygen atoms in total. The largest absolute Gasteiger partial charge is 0.434 e. The SMILES string of the molecule is CC(C)c1cccc2c1c(Oc1ccccc1F)nn2-c1nc(N)c(OC(N)=O)c(N)n1. The molecule has 6 N–H and O–H groups in total. The number of hydrogen-bond donors (Lipinski definition) is 3. The van der Waals surface area contributed by atoms with Crippen LogP contribution in [0.25, 0.3) is 16.9 Å². The molecule has 0 saturated heterocycles.